The van der Waals surface area contributed by atoms with Crippen molar-refractivity contribution in [2.24, 2.45) is 0 Å². The van der Waals surface area contributed by atoms with Crippen LogP contribution in [0.4, 0.5) is 30.2 Å². The molecule has 2 aromatic carbocycles. The predicted molar refractivity (Wildman–Crippen MR) is 129 cm³/mol. The Labute approximate surface area is 211 Å². The maximum Gasteiger partial charge on any atom is 0.321 e. The number of halogens is 2. The summed E-state index contributed by atoms with van der Waals surface area (Å²) in [5.74, 6) is -2.69. The highest BCUT2D eigenvalue weighted by Gasteiger charge is 2.22. The number of nitrogens with one attached hydrogen (secondary N) is 3. The molecule has 188 valence electrons. The molecule has 0 aliphatic carbocycles. The van der Waals surface area contributed by atoms with Crippen molar-refractivity contribution in [1.29, 1.82) is 5.26 Å². The van der Waals surface area contributed by atoms with Gasteiger partial charge in [0, 0.05) is 11.6 Å². The number of hydrogen-bond acceptors (Lipinski definition) is 10. The lowest BCUT2D eigenvalue weighted by Gasteiger charge is -2.09. The van der Waals surface area contributed by atoms with Gasteiger partial charge >= 0.3 is 6.03 Å². The Morgan fingerprint density at radius 3 is 2.76 bits per heavy atom. The molecule has 3 amide bonds. The fourth-order valence-electron chi connectivity index (χ4n) is 3.00. The summed E-state index contributed by atoms with van der Waals surface area (Å²) < 4.78 is 39.3. The summed E-state index contributed by atoms with van der Waals surface area (Å²) in [5, 5.41) is 19.4. The van der Waals surface area contributed by atoms with E-state index >= 15 is 0 Å². The van der Waals surface area contributed by atoms with Crippen LogP contribution in [0.5, 0.6) is 5.75 Å². The van der Waals surface area contributed by atoms with Crippen LogP contribution in [-0.2, 0) is 0 Å². The van der Waals surface area contributed by atoms with Crippen LogP contribution in [0.25, 0.3) is 22.2 Å². The van der Waals surface area contributed by atoms with Crippen molar-refractivity contribution in [3.8, 4) is 34.0 Å². The number of nitriles is 1. The molecule has 0 radical (unpaired) electrons. The molecule has 37 heavy (non-hydrogen) atoms. The van der Waals surface area contributed by atoms with Crippen molar-refractivity contribution in [1.82, 2.24) is 20.4 Å². The Morgan fingerprint density at radius 1 is 1.19 bits per heavy atom. The van der Waals surface area contributed by atoms with Crippen molar-refractivity contribution in [2.75, 3.05) is 30.0 Å². The monoisotopic (exact) mass is 526 g/mol. The minimum absolute atomic E-state index is 0.0541. The molecule has 4 rings (SSSR count). The maximum absolute atomic E-state index is 14.6. The lowest BCUT2D eigenvalue weighted by atomic mass is 10.1. The first-order valence-corrected chi connectivity index (χ1v) is 11.1. The van der Waals surface area contributed by atoms with Gasteiger partial charge in [-0.1, -0.05) is 22.6 Å². The number of nitrogens with two attached hydrogens (primary N) is 1. The highest BCUT2D eigenvalue weighted by molar-refractivity contribution is 7.19. The number of carbonyl (C=O) groups excluding carboxylic acids is 2. The van der Waals surface area contributed by atoms with E-state index < -0.39 is 23.6 Å². The summed E-state index contributed by atoms with van der Waals surface area (Å²) in [6.07, 6.45) is 0. The summed E-state index contributed by atoms with van der Waals surface area (Å²) in [6.45, 7) is -0.211. The molecule has 0 aliphatic heterocycles. The smallest absolute Gasteiger partial charge is 0.321 e. The highest BCUT2D eigenvalue weighted by atomic mass is 32.1. The number of amides is 3. The second kappa shape index (κ2) is 10.7. The summed E-state index contributed by atoms with van der Waals surface area (Å²) in [6, 6.07) is 8.87. The van der Waals surface area contributed by atoms with E-state index in [0.29, 0.717) is 11.8 Å². The quantitative estimate of drug-likeness (QED) is 0.261. The molecule has 0 unspecified atom stereocenters. The number of anilines is 3. The van der Waals surface area contributed by atoms with Gasteiger partial charge in [-0.3, -0.25) is 10.1 Å². The van der Waals surface area contributed by atoms with E-state index in [1.165, 1.54) is 19.2 Å². The van der Waals surface area contributed by atoms with Gasteiger partial charge in [-0.2, -0.15) is 10.2 Å². The maximum atomic E-state index is 14.6. The summed E-state index contributed by atoms with van der Waals surface area (Å²) >= 11 is 0.894. The number of benzene rings is 2. The van der Waals surface area contributed by atoms with Crippen LogP contribution in [-0.4, -0.2) is 40.7 Å². The average molecular weight is 526 g/mol. The molecule has 0 bridgehead atoms. The second-order valence-electron chi connectivity index (χ2n) is 7.12. The lowest BCUT2D eigenvalue weighted by molar-refractivity contribution is 0.102. The molecule has 0 fully saturated rings. The number of nitrogens with zero attached hydrogens (tertiary/aromatic N) is 4. The first-order valence-electron chi connectivity index (χ1n) is 10.3. The van der Waals surface area contributed by atoms with E-state index in [1.54, 1.807) is 18.2 Å². The van der Waals surface area contributed by atoms with Crippen molar-refractivity contribution in [3.63, 3.8) is 0 Å². The van der Waals surface area contributed by atoms with E-state index in [0.717, 1.165) is 17.4 Å². The number of urea groups is 1. The summed E-state index contributed by atoms with van der Waals surface area (Å²) in [7, 11) is 1.44. The van der Waals surface area contributed by atoms with E-state index in [1.807, 2.05) is 0 Å². The van der Waals surface area contributed by atoms with Crippen molar-refractivity contribution < 1.29 is 27.6 Å². The average Bonchev–Trinajstić information content (AvgIpc) is 3.50. The molecular formula is C22H16F2N8O4S. The summed E-state index contributed by atoms with van der Waals surface area (Å²) in [5.41, 5.74) is 5.49. The molecule has 0 aliphatic rings. The topological polar surface area (TPSA) is 181 Å². The zero-order chi connectivity index (χ0) is 26.5. The Hall–Kier alpha value is -5.10. The number of nitrogen functional groups attached to an aromatic ring is 1. The number of hydrogen-bond donors (Lipinski definition) is 4. The number of methoxy groups -OCH3 is 1. The van der Waals surface area contributed by atoms with Gasteiger partial charge in [0.05, 0.1) is 24.4 Å². The highest BCUT2D eigenvalue weighted by Crippen LogP contribution is 2.35. The van der Waals surface area contributed by atoms with Crippen molar-refractivity contribution >= 4 is 39.9 Å². The largest absolute Gasteiger partial charge is 0.497 e. The van der Waals surface area contributed by atoms with E-state index in [2.05, 4.69) is 31.1 Å². The van der Waals surface area contributed by atoms with Crippen LogP contribution in [0.1, 0.15) is 10.4 Å². The van der Waals surface area contributed by atoms with Crippen LogP contribution in [0, 0.1) is 23.0 Å². The van der Waals surface area contributed by atoms with Crippen LogP contribution in [0.2, 0.25) is 0 Å². The van der Waals surface area contributed by atoms with Crippen molar-refractivity contribution in [3.05, 3.63) is 53.6 Å². The number of thiazole rings is 1. The van der Waals surface area contributed by atoms with E-state index in [4.69, 9.17) is 20.3 Å². The lowest BCUT2D eigenvalue weighted by Crippen LogP contribution is -2.28. The van der Waals surface area contributed by atoms with Gasteiger partial charge in [0.2, 0.25) is 5.82 Å². The molecule has 2 aromatic heterocycles. The standard InChI is InChI=1S/C22H16F2N8O4S/c1-35-11-4-2-3-10(7-11)19(33)28-15-8-12(13(23)9-14(15)24)18-30-20(36-32-18)16-17(26)29-22(37-16)31-21(34)27-6-5-25/h2-4,7-9H,6,26H2,1H3,(H,28,33)(H2,27,29,31,34). The number of ether oxygens (including phenoxy) is 1. The minimum atomic E-state index is -1.02. The van der Waals surface area contributed by atoms with Crippen LogP contribution >= 0.6 is 11.3 Å². The van der Waals surface area contributed by atoms with Gasteiger partial charge in [-0.25, -0.2) is 18.6 Å². The van der Waals surface area contributed by atoms with E-state index in [9.17, 15) is 18.4 Å². The molecule has 4 aromatic rings. The first-order chi connectivity index (χ1) is 17.8. The van der Waals surface area contributed by atoms with E-state index in [-0.39, 0.29) is 50.9 Å². The van der Waals surface area contributed by atoms with Crippen LogP contribution < -0.4 is 26.4 Å². The zero-order valence-corrected chi connectivity index (χ0v) is 19.7. The van der Waals surface area contributed by atoms with Crippen LogP contribution in [0.15, 0.2) is 40.9 Å². The Morgan fingerprint density at radius 2 is 2.00 bits per heavy atom. The molecule has 0 saturated heterocycles. The van der Waals surface area contributed by atoms with Crippen molar-refractivity contribution in [2.45, 2.75) is 0 Å². The Kier molecular flexibility index (Phi) is 7.21. The zero-order valence-electron chi connectivity index (χ0n) is 18.8. The van der Waals surface area contributed by atoms with Gasteiger partial charge in [0.15, 0.2) is 5.13 Å². The first kappa shape index (κ1) is 25.0. The molecule has 5 N–H and O–H groups in total. The second-order valence-corrected chi connectivity index (χ2v) is 8.12. The molecular weight excluding hydrogens is 510 g/mol. The van der Waals surface area contributed by atoms with Gasteiger partial charge in [-0.15, -0.1) is 0 Å². The third-order valence-electron chi connectivity index (χ3n) is 4.70. The van der Waals surface area contributed by atoms with Gasteiger partial charge in [0.1, 0.15) is 34.6 Å². The fourth-order valence-corrected chi connectivity index (χ4v) is 3.80. The predicted octanol–water partition coefficient (Wildman–Crippen LogP) is 3.63. The Bertz CT molecular complexity index is 1530. The molecule has 2 heterocycles. The number of rotatable bonds is 7. The number of aromatic nitrogens is 3. The number of carbonyl (C=O) groups is 2. The van der Waals surface area contributed by atoms with Crippen LogP contribution in [0.3, 0.4) is 0 Å². The van der Waals surface area contributed by atoms with Gasteiger partial charge < -0.3 is 25.6 Å². The molecule has 0 spiro atoms. The molecule has 12 nitrogen and oxygen atoms in total. The third-order valence-corrected chi connectivity index (χ3v) is 5.67. The minimum Gasteiger partial charge on any atom is -0.497 e. The molecule has 0 saturated carbocycles. The van der Waals surface area contributed by atoms with Gasteiger partial charge in [0.25, 0.3) is 11.8 Å². The molecule has 15 heteroatoms. The fraction of sp³-hybridized carbons (Fsp3) is 0.0909. The third kappa shape index (κ3) is 5.60. The Balaban J connectivity index is 1.58. The SMILES string of the molecule is COc1cccc(C(=O)Nc2cc(-c3noc(-c4sc(NC(=O)NCC#N)nc4N)n3)c(F)cc2F)c1. The molecule has 0 atom stereocenters. The van der Waals surface area contributed by atoms with Gasteiger partial charge in [-0.05, 0) is 24.3 Å². The normalized spacial score (nSPS) is 10.4. The summed E-state index contributed by atoms with van der Waals surface area (Å²) in [4.78, 5) is 32.5.